The van der Waals surface area contributed by atoms with E-state index in [1.54, 1.807) is 6.07 Å². The summed E-state index contributed by atoms with van der Waals surface area (Å²) < 4.78 is 0. The van der Waals surface area contributed by atoms with Crippen LogP contribution in [0.25, 0.3) is 11.1 Å². The Morgan fingerprint density at radius 3 is 2.09 bits per heavy atom. The number of para-hydroxylation sites is 1. The Labute approximate surface area is 287 Å². The van der Waals surface area contributed by atoms with Crippen LogP contribution in [0.1, 0.15) is 39.0 Å². The van der Waals surface area contributed by atoms with Gasteiger partial charge < -0.3 is 30.3 Å². The van der Waals surface area contributed by atoms with E-state index in [2.05, 4.69) is 27.2 Å². The molecule has 0 heterocycles. The van der Waals surface area contributed by atoms with Crippen LogP contribution in [0.2, 0.25) is 0 Å². The molecule has 0 saturated carbocycles. The number of rotatable bonds is 14. The molecular formula is C34H34Li2N2O5S. The molecular weight excluding hydrogens is 562 g/mol. The number of thioether (sulfide) groups is 1. The molecule has 0 radical (unpaired) electrons. The van der Waals surface area contributed by atoms with Crippen molar-refractivity contribution in [3.8, 4) is 11.1 Å². The van der Waals surface area contributed by atoms with Crippen molar-refractivity contribution < 1.29 is 62.6 Å². The summed E-state index contributed by atoms with van der Waals surface area (Å²) in [6.45, 7) is 3.19. The van der Waals surface area contributed by atoms with Crippen LogP contribution in [-0.2, 0) is 29.4 Å². The van der Waals surface area contributed by atoms with Crippen molar-refractivity contribution in [2.45, 2.75) is 39.1 Å². The molecule has 0 saturated heterocycles. The number of nitrogens with zero attached hydrogens (tertiary/aromatic N) is 1. The number of aliphatic carboxylic acids is 1. The van der Waals surface area contributed by atoms with Crippen molar-refractivity contribution in [2.24, 2.45) is 0 Å². The van der Waals surface area contributed by atoms with E-state index >= 15 is 0 Å². The van der Waals surface area contributed by atoms with Crippen molar-refractivity contribution in [1.29, 1.82) is 0 Å². The maximum Gasteiger partial charge on any atom is 1.00 e. The number of aryl methyl sites for hydroxylation is 1. The maximum absolute atomic E-state index is 13.5. The minimum absolute atomic E-state index is 0. The number of carboxylic acid groups (broad SMARTS) is 1. The number of carboxylic acids is 1. The van der Waals surface area contributed by atoms with Gasteiger partial charge in [0.2, 0.25) is 0 Å². The number of amides is 1. The first kappa shape index (κ1) is 37.3. The third kappa shape index (κ3) is 10.3. The van der Waals surface area contributed by atoms with E-state index in [9.17, 15) is 20.0 Å². The quantitative estimate of drug-likeness (QED) is 0.105. The van der Waals surface area contributed by atoms with E-state index in [1.165, 1.54) is 11.8 Å². The molecule has 0 aliphatic heterocycles. The fourth-order valence-corrected chi connectivity index (χ4v) is 5.30. The van der Waals surface area contributed by atoms with E-state index in [-0.39, 0.29) is 50.7 Å². The average Bonchev–Trinajstić information content (AvgIpc) is 3.00. The van der Waals surface area contributed by atoms with E-state index < -0.39 is 17.9 Å². The second-order valence-corrected chi connectivity index (χ2v) is 11.1. The number of hydrogen-bond acceptors (Lipinski definition) is 7. The SMILES string of the molecule is CSCC[C@H](NC(=O)c1ccc(CN(Cc2ccc(CO[O-])cc2)c2ccccc2)cc1-c1ccccc1C)C(=O)[O-].[Li+].[Li+]. The van der Waals surface area contributed by atoms with Crippen molar-refractivity contribution in [3.05, 3.63) is 125 Å². The van der Waals surface area contributed by atoms with Crippen LogP contribution in [0.15, 0.2) is 97.1 Å². The second kappa shape index (κ2) is 18.8. The smallest absolute Gasteiger partial charge is 0.723 e. The molecule has 4 rings (SSSR count). The summed E-state index contributed by atoms with van der Waals surface area (Å²) in [4.78, 5) is 31.4. The topological polar surface area (TPSA) is 105 Å². The summed E-state index contributed by atoms with van der Waals surface area (Å²) in [5.74, 6) is -1.15. The first-order chi connectivity index (χ1) is 20.4. The molecule has 1 atom stereocenters. The van der Waals surface area contributed by atoms with Crippen LogP contribution in [0, 0.1) is 6.92 Å². The molecule has 0 aromatic heterocycles. The fraction of sp³-hybridized carbons (Fsp3) is 0.235. The number of benzene rings is 4. The maximum atomic E-state index is 13.5. The fourth-order valence-electron chi connectivity index (χ4n) is 4.83. The minimum atomic E-state index is -1.29. The molecule has 1 amide bonds. The Hall–Kier alpha value is -2.92. The Kier molecular flexibility index (Phi) is 15.9. The molecule has 218 valence electrons. The molecule has 1 N–H and O–H groups in total. The molecule has 44 heavy (non-hydrogen) atoms. The summed E-state index contributed by atoms with van der Waals surface area (Å²) >= 11 is 1.52. The summed E-state index contributed by atoms with van der Waals surface area (Å²) in [5, 5.41) is 24.9. The van der Waals surface area contributed by atoms with E-state index in [0.29, 0.717) is 24.4 Å². The van der Waals surface area contributed by atoms with Crippen molar-refractivity contribution in [2.75, 3.05) is 16.9 Å². The number of carbonyl (C=O) groups is 2. The molecule has 0 aliphatic carbocycles. The van der Waals surface area contributed by atoms with Gasteiger partial charge in [0, 0.05) is 24.3 Å². The van der Waals surface area contributed by atoms with Crippen molar-refractivity contribution in [1.82, 2.24) is 5.32 Å². The van der Waals surface area contributed by atoms with Crippen LogP contribution in [0.3, 0.4) is 0 Å². The second-order valence-electron chi connectivity index (χ2n) is 10.1. The zero-order valence-corrected chi connectivity index (χ0v) is 26.6. The van der Waals surface area contributed by atoms with Crippen LogP contribution in [0.5, 0.6) is 0 Å². The molecule has 0 fully saturated rings. The predicted molar refractivity (Wildman–Crippen MR) is 163 cm³/mol. The normalized spacial score (nSPS) is 11.1. The number of nitrogens with one attached hydrogen (secondary N) is 1. The van der Waals surface area contributed by atoms with Crippen LogP contribution in [0.4, 0.5) is 5.69 Å². The Bertz CT molecular complexity index is 1490. The third-order valence-corrected chi connectivity index (χ3v) is 7.73. The molecule has 0 bridgehead atoms. The average molecular weight is 597 g/mol. The van der Waals surface area contributed by atoms with Gasteiger partial charge in [-0.15, -0.1) is 0 Å². The van der Waals surface area contributed by atoms with Crippen LogP contribution in [-0.4, -0.2) is 29.9 Å². The van der Waals surface area contributed by atoms with Crippen molar-refractivity contribution in [3.63, 3.8) is 0 Å². The van der Waals surface area contributed by atoms with Gasteiger partial charge >= 0.3 is 37.7 Å². The van der Waals surface area contributed by atoms with E-state index in [0.717, 1.165) is 39.1 Å². The largest absolute Gasteiger partial charge is 1.00 e. The Morgan fingerprint density at radius 2 is 1.45 bits per heavy atom. The van der Waals surface area contributed by atoms with Gasteiger partial charge in [-0.3, -0.25) is 4.79 Å². The molecule has 7 nitrogen and oxygen atoms in total. The van der Waals surface area contributed by atoms with Crippen LogP contribution < -0.4 is 58.3 Å². The monoisotopic (exact) mass is 596 g/mol. The first-order valence-corrected chi connectivity index (χ1v) is 15.1. The Morgan fingerprint density at radius 1 is 0.841 bits per heavy atom. The van der Waals surface area contributed by atoms with Gasteiger partial charge in [0.05, 0.1) is 18.6 Å². The van der Waals surface area contributed by atoms with Gasteiger partial charge in [-0.25, -0.2) is 0 Å². The van der Waals surface area contributed by atoms with Gasteiger partial charge in [0.25, 0.3) is 5.91 Å². The summed E-state index contributed by atoms with van der Waals surface area (Å²) in [6.07, 6.45) is 2.17. The van der Waals surface area contributed by atoms with Gasteiger partial charge in [-0.1, -0.05) is 72.8 Å². The van der Waals surface area contributed by atoms with E-state index in [4.69, 9.17) is 0 Å². The van der Waals surface area contributed by atoms with E-state index in [1.807, 2.05) is 92.0 Å². The predicted octanol–water partition coefficient (Wildman–Crippen LogP) is -1.73. The zero-order valence-electron chi connectivity index (χ0n) is 25.7. The molecule has 10 heteroatoms. The standard InChI is InChI=1S/C34H36N2O5S.2Li/c1-24-8-6-7-11-29(24)31-20-27(16-17-30(31)33(37)35-32(34(38)39)18-19-42-2)22-36(28-9-4-3-5-10-28)21-25-12-14-26(15-13-25)23-41-40;;/h3-17,20,32,40H,18-19,21-23H2,1-2H3,(H,35,37)(H,38,39);;/q;2*+1/p-2/t32-;;/m0../s1. The number of anilines is 1. The van der Waals surface area contributed by atoms with Crippen molar-refractivity contribution >= 4 is 29.3 Å². The summed E-state index contributed by atoms with van der Waals surface area (Å²) in [5.41, 5.74) is 6.96. The third-order valence-electron chi connectivity index (χ3n) is 7.08. The molecule has 0 spiro atoms. The summed E-state index contributed by atoms with van der Waals surface area (Å²) in [6, 6.07) is 30.3. The number of hydrogen-bond donors (Lipinski definition) is 1. The molecule has 4 aromatic rings. The van der Waals surface area contributed by atoms with Gasteiger partial charge in [-0.05, 0) is 83.0 Å². The molecule has 4 aromatic carbocycles. The van der Waals surface area contributed by atoms with Crippen LogP contribution >= 0.6 is 11.8 Å². The zero-order chi connectivity index (χ0) is 29.9. The first-order valence-electron chi connectivity index (χ1n) is 13.7. The minimum Gasteiger partial charge on any atom is -0.723 e. The summed E-state index contributed by atoms with van der Waals surface area (Å²) in [7, 11) is 0. The number of carbonyl (C=O) groups excluding carboxylic acids is 2. The molecule has 0 aliphatic rings. The van der Waals surface area contributed by atoms with Gasteiger partial charge in [0.1, 0.15) is 0 Å². The van der Waals surface area contributed by atoms with Gasteiger partial charge in [-0.2, -0.15) is 11.8 Å². The molecule has 0 unspecified atom stereocenters. The van der Waals surface area contributed by atoms with Gasteiger partial charge in [0.15, 0.2) is 0 Å². The Balaban J connectivity index is 0.00000337.